The fourth-order valence-corrected chi connectivity index (χ4v) is 3.34. The molecule has 0 fully saturated rings. The maximum absolute atomic E-state index is 8.63. The minimum absolute atomic E-state index is 0.585. The monoisotopic (exact) mass is 337 g/mol. The van der Waals surface area contributed by atoms with Gasteiger partial charge in [-0.25, -0.2) is 0 Å². The number of para-hydroxylation sites is 2. The molecule has 5 aromatic rings. The topological polar surface area (TPSA) is 26.0 Å². The predicted octanol–water partition coefficient (Wildman–Crippen LogP) is 6.24. The molecule has 26 heavy (non-hydrogen) atoms. The SMILES string of the molecule is [2H]C([2H])(c1ccncc1)c1cccc(-c2cccc3c2oc2ccccc23)c1. The van der Waals surface area contributed by atoms with Crippen LogP contribution in [0.4, 0.5) is 0 Å². The van der Waals surface area contributed by atoms with Gasteiger partial charge in [-0.15, -0.1) is 0 Å². The van der Waals surface area contributed by atoms with Crippen LogP contribution in [0.15, 0.2) is 95.7 Å². The van der Waals surface area contributed by atoms with Gasteiger partial charge in [0.25, 0.3) is 0 Å². The van der Waals surface area contributed by atoms with Crippen LogP contribution in [0.2, 0.25) is 0 Å². The molecule has 2 nitrogen and oxygen atoms in total. The summed E-state index contributed by atoms with van der Waals surface area (Å²) in [6.07, 6.45) is 1.62. The highest BCUT2D eigenvalue weighted by Crippen LogP contribution is 2.35. The summed E-state index contributed by atoms with van der Waals surface area (Å²) in [6, 6.07) is 25.1. The standard InChI is InChI=1S/C24H17NO/c1-2-10-23-21(7-1)22-9-4-8-20(24(22)26-23)19-6-3-5-18(16-19)15-17-11-13-25-14-12-17/h1-14,16H,15H2/i15D2. The molecule has 0 aliphatic carbocycles. The third-order valence-corrected chi connectivity index (χ3v) is 4.55. The number of furan rings is 1. The first-order valence-corrected chi connectivity index (χ1v) is 8.56. The normalized spacial score (nSPS) is 12.9. The van der Waals surface area contributed by atoms with Crippen LogP contribution in [0.1, 0.15) is 13.9 Å². The number of fused-ring (bicyclic) bond motifs is 3. The summed E-state index contributed by atoms with van der Waals surface area (Å²) in [5, 5.41) is 2.15. The Bertz CT molecular complexity index is 1290. The van der Waals surface area contributed by atoms with Crippen LogP contribution < -0.4 is 0 Å². The lowest BCUT2D eigenvalue weighted by atomic mass is 9.98. The Morgan fingerprint density at radius 2 is 1.58 bits per heavy atom. The van der Waals surface area contributed by atoms with Gasteiger partial charge in [-0.2, -0.15) is 0 Å². The van der Waals surface area contributed by atoms with Crippen molar-refractivity contribution in [1.82, 2.24) is 4.98 Å². The number of nitrogens with zero attached hydrogens (tertiary/aromatic N) is 1. The van der Waals surface area contributed by atoms with Crippen molar-refractivity contribution in [3.05, 3.63) is 102 Å². The molecule has 0 aliphatic heterocycles. The Labute approximate surface area is 154 Å². The van der Waals surface area contributed by atoms with Gasteiger partial charge in [0.05, 0.1) is 0 Å². The maximum Gasteiger partial charge on any atom is 0.143 e. The Hall–Kier alpha value is -3.39. The quantitative estimate of drug-likeness (QED) is 0.389. The largest absolute Gasteiger partial charge is 0.455 e. The van der Waals surface area contributed by atoms with Gasteiger partial charge in [-0.1, -0.05) is 60.7 Å². The fourth-order valence-electron chi connectivity index (χ4n) is 3.34. The van der Waals surface area contributed by atoms with Gasteiger partial charge in [0.15, 0.2) is 0 Å². The van der Waals surface area contributed by atoms with Crippen molar-refractivity contribution in [3.63, 3.8) is 0 Å². The van der Waals surface area contributed by atoms with E-state index in [1.54, 1.807) is 24.5 Å². The van der Waals surface area contributed by atoms with Gasteiger partial charge in [0, 0.05) is 31.5 Å². The summed E-state index contributed by atoms with van der Waals surface area (Å²) in [5.74, 6) is 0. The Morgan fingerprint density at radius 1 is 0.769 bits per heavy atom. The zero-order chi connectivity index (χ0) is 19.1. The van der Waals surface area contributed by atoms with Crippen LogP contribution in [0, 0.1) is 0 Å². The summed E-state index contributed by atoms with van der Waals surface area (Å²) in [7, 11) is 0. The minimum Gasteiger partial charge on any atom is -0.455 e. The van der Waals surface area contributed by atoms with E-state index in [2.05, 4.69) is 17.1 Å². The molecule has 2 heterocycles. The van der Waals surface area contributed by atoms with Crippen LogP contribution in [-0.4, -0.2) is 4.98 Å². The van der Waals surface area contributed by atoms with E-state index in [-0.39, 0.29) is 0 Å². The fraction of sp³-hybridized carbons (Fsp3) is 0.0417. The van der Waals surface area contributed by atoms with E-state index < -0.39 is 6.37 Å². The Balaban J connectivity index is 1.68. The van der Waals surface area contributed by atoms with Gasteiger partial charge in [-0.3, -0.25) is 4.98 Å². The molecular formula is C24H17NO. The van der Waals surface area contributed by atoms with Crippen LogP contribution in [0.25, 0.3) is 33.1 Å². The number of benzene rings is 3. The van der Waals surface area contributed by atoms with Gasteiger partial charge in [0.2, 0.25) is 0 Å². The smallest absolute Gasteiger partial charge is 0.143 e. The van der Waals surface area contributed by atoms with E-state index in [9.17, 15) is 0 Å². The van der Waals surface area contributed by atoms with Crippen LogP contribution in [-0.2, 0) is 6.37 Å². The van der Waals surface area contributed by atoms with Crippen LogP contribution in [0.3, 0.4) is 0 Å². The van der Waals surface area contributed by atoms with Crippen molar-refractivity contribution in [2.45, 2.75) is 6.37 Å². The molecule has 0 amide bonds. The molecule has 5 rings (SSSR count). The molecule has 0 atom stereocenters. The first kappa shape index (κ1) is 12.9. The Kier molecular flexibility index (Phi) is 3.06. The van der Waals surface area contributed by atoms with E-state index in [1.807, 2.05) is 54.6 Å². The van der Waals surface area contributed by atoms with E-state index in [0.29, 0.717) is 11.1 Å². The van der Waals surface area contributed by atoms with E-state index in [4.69, 9.17) is 7.16 Å². The highest BCUT2D eigenvalue weighted by molar-refractivity contribution is 6.09. The molecule has 0 saturated heterocycles. The molecule has 0 saturated carbocycles. The highest BCUT2D eigenvalue weighted by atomic mass is 16.3. The molecule has 0 unspecified atom stereocenters. The first-order chi connectivity index (χ1) is 13.6. The van der Waals surface area contributed by atoms with Crippen molar-refractivity contribution >= 4 is 21.9 Å². The molecule has 2 aromatic heterocycles. The lowest BCUT2D eigenvalue weighted by Crippen LogP contribution is -1.89. The second kappa shape index (κ2) is 6.16. The lowest BCUT2D eigenvalue weighted by Gasteiger charge is -2.07. The second-order valence-corrected chi connectivity index (χ2v) is 6.22. The van der Waals surface area contributed by atoms with Gasteiger partial charge in [0.1, 0.15) is 11.2 Å². The molecule has 0 bridgehead atoms. The summed E-state index contributed by atoms with van der Waals surface area (Å²) >= 11 is 0. The van der Waals surface area contributed by atoms with Crippen LogP contribution in [0.5, 0.6) is 0 Å². The summed E-state index contributed by atoms with van der Waals surface area (Å²) in [4.78, 5) is 3.99. The van der Waals surface area contributed by atoms with Crippen molar-refractivity contribution in [2.24, 2.45) is 0 Å². The third-order valence-electron chi connectivity index (χ3n) is 4.55. The molecule has 0 spiro atoms. The van der Waals surface area contributed by atoms with E-state index >= 15 is 0 Å². The number of rotatable bonds is 3. The molecule has 2 heteroatoms. The average Bonchev–Trinajstić information content (AvgIpc) is 3.13. The molecular weight excluding hydrogens is 318 g/mol. The van der Waals surface area contributed by atoms with Crippen molar-refractivity contribution in [2.75, 3.05) is 0 Å². The number of hydrogen-bond donors (Lipinski definition) is 0. The van der Waals surface area contributed by atoms with Crippen LogP contribution >= 0.6 is 0 Å². The van der Waals surface area contributed by atoms with Crippen molar-refractivity contribution in [3.8, 4) is 11.1 Å². The van der Waals surface area contributed by atoms with Gasteiger partial charge >= 0.3 is 0 Å². The van der Waals surface area contributed by atoms with E-state index in [0.717, 1.165) is 33.1 Å². The Morgan fingerprint density at radius 3 is 2.50 bits per heavy atom. The molecule has 0 radical (unpaired) electrons. The predicted molar refractivity (Wildman–Crippen MR) is 106 cm³/mol. The molecule has 3 aromatic carbocycles. The first-order valence-electron chi connectivity index (χ1n) is 9.56. The third kappa shape index (κ3) is 2.56. The summed E-state index contributed by atoms with van der Waals surface area (Å²) in [6.45, 7) is 0. The second-order valence-electron chi connectivity index (χ2n) is 6.22. The number of aromatic nitrogens is 1. The van der Waals surface area contributed by atoms with Gasteiger partial charge in [-0.05, 0) is 41.3 Å². The van der Waals surface area contributed by atoms with E-state index in [1.165, 1.54) is 0 Å². The zero-order valence-corrected chi connectivity index (χ0v) is 14.0. The molecule has 0 aliphatic rings. The highest BCUT2D eigenvalue weighted by Gasteiger charge is 2.11. The zero-order valence-electron chi connectivity index (χ0n) is 16.0. The minimum atomic E-state index is -1.61. The molecule has 0 N–H and O–H groups in total. The van der Waals surface area contributed by atoms with Crippen molar-refractivity contribution in [1.29, 1.82) is 0 Å². The maximum atomic E-state index is 8.63. The summed E-state index contributed by atoms with van der Waals surface area (Å²) < 4.78 is 23.4. The van der Waals surface area contributed by atoms with Gasteiger partial charge < -0.3 is 4.42 Å². The molecule has 124 valence electrons. The average molecular weight is 337 g/mol. The van der Waals surface area contributed by atoms with Crippen molar-refractivity contribution < 1.29 is 7.16 Å². The number of pyridine rings is 1. The number of hydrogen-bond acceptors (Lipinski definition) is 2. The summed E-state index contributed by atoms with van der Waals surface area (Å²) in [5.41, 5.74) is 4.76. The lowest BCUT2D eigenvalue weighted by molar-refractivity contribution is 0.670.